The summed E-state index contributed by atoms with van der Waals surface area (Å²) >= 11 is 11.8. The number of hydrazone groups is 1. The van der Waals surface area contributed by atoms with Gasteiger partial charge >= 0.3 is 0 Å². The number of nitrogens with one attached hydrogen (secondary N) is 1. The average Bonchev–Trinajstić information content (AvgIpc) is 2.54. The molecule has 0 aliphatic rings. The highest BCUT2D eigenvalue weighted by molar-refractivity contribution is 6.36. The van der Waals surface area contributed by atoms with E-state index in [9.17, 15) is 4.79 Å². The Morgan fingerprint density at radius 3 is 2.61 bits per heavy atom. The van der Waals surface area contributed by atoms with Crippen molar-refractivity contribution in [1.82, 2.24) is 5.43 Å². The van der Waals surface area contributed by atoms with Crippen molar-refractivity contribution in [3.63, 3.8) is 0 Å². The van der Waals surface area contributed by atoms with Gasteiger partial charge in [-0.1, -0.05) is 35.9 Å². The fourth-order valence-electron chi connectivity index (χ4n) is 1.70. The number of amides is 1. The number of ether oxygens (including phenoxy) is 1. The molecule has 0 saturated heterocycles. The molecule has 0 heterocycles. The number of benzene rings is 2. The van der Waals surface area contributed by atoms with Gasteiger partial charge in [-0.25, -0.2) is 5.43 Å². The zero-order valence-corrected chi connectivity index (χ0v) is 13.6. The first-order chi connectivity index (χ1) is 11.1. The van der Waals surface area contributed by atoms with Gasteiger partial charge in [0, 0.05) is 5.02 Å². The van der Waals surface area contributed by atoms with Crippen LogP contribution in [0.2, 0.25) is 10.0 Å². The van der Waals surface area contributed by atoms with Crippen molar-refractivity contribution < 1.29 is 9.53 Å². The summed E-state index contributed by atoms with van der Waals surface area (Å²) in [6.07, 6.45) is 3.20. The van der Waals surface area contributed by atoms with Crippen molar-refractivity contribution in [2.24, 2.45) is 5.10 Å². The molecule has 0 saturated carbocycles. The van der Waals surface area contributed by atoms with Crippen molar-refractivity contribution in [2.45, 2.75) is 0 Å². The molecule has 0 atom stereocenters. The normalized spacial score (nSPS) is 10.5. The van der Waals surface area contributed by atoms with Gasteiger partial charge in [-0.05, 0) is 48.0 Å². The molecule has 23 heavy (non-hydrogen) atoms. The molecule has 6 heteroatoms. The van der Waals surface area contributed by atoms with Gasteiger partial charge in [0.2, 0.25) is 0 Å². The minimum absolute atomic E-state index is 0.272. The molecule has 2 aromatic rings. The summed E-state index contributed by atoms with van der Waals surface area (Å²) in [6, 6.07) is 11.9. The van der Waals surface area contributed by atoms with Crippen LogP contribution in [-0.4, -0.2) is 18.7 Å². The van der Waals surface area contributed by atoms with Crippen LogP contribution in [-0.2, 0) is 0 Å². The molecule has 2 rings (SSSR count). The van der Waals surface area contributed by atoms with Gasteiger partial charge in [0.25, 0.3) is 5.91 Å². The van der Waals surface area contributed by atoms with Crippen molar-refractivity contribution in [3.05, 3.63) is 76.3 Å². The van der Waals surface area contributed by atoms with Gasteiger partial charge in [-0.3, -0.25) is 4.79 Å². The zero-order valence-electron chi connectivity index (χ0n) is 12.1. The van der Waals surface area contributed by atoms with Crippen LogP contribution in [0.25, 0.3) is 0 Å². The van der Waals surface area contributed by atoms with Crippen LogP contribution >= 0.6 is 23.2 Å². The Morgan fingerprint density at radius 1 is 1.22 bits per heavy atom. The van der Waals surface area contributed by atoms with Crippen LogP contribution in [0.5, 0.6) is 5.75 Å². The molecule has 4 nitrogen and oxygen atoms in total. The number of rotatable bonds is 6. The number of carbonyl (C=O) groups is 1. The lowest BCUT2D eigenvalue weighted by Gasteiger charge is -2.04. The molecular weight excluding hydrogens is 335 g/mol. The SMILES string of the molecule is C=CCOc1ccc(/C=N/NC(=O)c2ccc(Cl)cc2Cl)cc1. The minimum atomic E-state index is -0.408. The molecule has 1 amide bonds. The second-order valence-corrected chi connectivity index (χ2v) is 5.34. The molecule has 0 spiro atoms. The topological polar surface area (TPSA) is 50.7 Å². The highest BCUT2D eigenvalue weighted by atomic mass is 35.5. The number of halogens is 2. The lowest BCUT2D eigenvalue weighted by Crippen LogP contribution is -2.18. The van der Waals surface area contributed by atoms with Crippen LogP contribution in [0.1, 0.15) is 15.9 Å². The van der Waals surface area contributed by atoms with Crippen LogP contribution in [0.3, 0.4) is 0 Å². The Hall–Kier alpha value is -2.30. The van der Waals surface area contributed by atoms with E-state index in [1.807, 2.05) is 24.3 Å². The smallest absolute Gasteiger partial charge is 0.272 e. The van der Waals surface area contributed by atoms with E-state index in [-0.39, 0.29) is 5.02 Å². The van der Waals surface area contributed by atoms with Gasteiger partial charge in [-0.15, -0.1) is 0 Å². The van der Waals surface area contributed by atoms with E-state index in [4.69, 9.17) is 27.9 Å². The Labute approximate surface area is 144 Å². The molecular formula is C17H14Cl2N2O2. The first kappa shape index (κ1) is 17.1. The fraction of sp³-hybridized carbons (Fsp3) is 0.0588. The number of carbonyl (C=O) groups excluding carboxylic acids is 1. The highest BCUT2D eigenvalue weighted by Gasteiger charge is 2.09. The molecule has 2 aromatic carbocycles. The predicted molar refractivity (Wildman–Crippen MR) is 93.7 cm³/mol. The summed E-state index contributed by atoms with van der Waals surface area (Å²) in [5.41, 5.74) is 3.54. The highest BCUT2D eigenvalue weighted by Crippen LogP contribution is 2.20. The van der Waals surface area contributed by atoms with Gasteiger partial charge in [0.15, 0.2) is 0 Å². The third-order valence-electron chi connectivity index (χ3n) is 2.80. The van der Waals surface area contributed by atoms with Crippen molar-refractivity contribution in [1.29, 1.82) is 0 Å². The quantitative estimate of drug-likeness (QED) is 0.480. The molecule has 0 unspecified atom stereocenters. The number of hydrogen-bond acceptors (Lipinski definition) is 3. The lowest BCUT2D eigenvalue weighted by atomic mass is 10.2. The molecule has 0 aromatic heterocycles. The zero-order chi connectivity index (χ0) is 16.7. The van der Waals surface area contributed by atoms with E-state index in [1.165, 1.54) is 12.3 Å². The van der Waals surface area contributed by atoms with Crippen LogP contribution in [0, 0.1) is 0 Å². The van der Waals surface area contributed by atoms with Crippen molar-refractivity contribution in [2.75, 3.05) is 6.61 Å². The molecule has 1 N–H and O–H groups in total. The molecule has 0 radical (unpaired) electrons. The molecule has 0 aliphatic carbocycles. The Balaban J connectivity index is 1.95. The maximum Gasteiger partial charge on any atom is 0.272 e. The van der Waals surface area contributed by atoms with Gasteiger partial charge in [0.1, 0.15) is 12.4 Å². The largest absolute Gasteiger partial charge is 0.490 e. The van der Waals surface area contributed by atoms with E-state index < -0.39 is 5.91 Å². The first-order valence-electron chi connectivity index (χ1n) is 6.72. The van der Waals surface area contributed by atoms with E-state index in [0.717, 1.165) is 11.3 Å². The summed E-state index contributed by atoms with van der Waals surface area (Å²) in [6.45, 7) is 4.03. The van der Waals surface area contributed by atoms with Gasteiger partial charge < -0.3 is 4.74 Å². The van der Waals surface area contributed by atoms with Crippen LogP contribution in [0.15, 0.2) is 60.2 Å². The average molecular weight is 349 g/mol. The van der Waals surface area contributed by atoms with E-state index in [2.05, 4.69) is 17.1 Å². The summed E-state index contributed by atoms with van der Waals surface area (Å²) in [7, 11) is 0. The minimum Gasteiger partial charge on any atom is -0.490 e. The van der Waals surface area contributed by atoms with E-state index in [0.29, 0.717) is 17.2 Å². The third-order valence-corrected chi connectivity index (χ3v) is 3.35. The van der Waals surface area contributed by atoms with Crippen LogP contribution in [0.4, 0.5) is 0 Å². The Morgan fingerprint density at radius 2 is 1.96 bits per heavy atom. The molecule has 0 aliphatic heterocycles. The lowest BCUT2D eigenvalue weighted by molar-refractivity contribution is 0.0955. The van der Waals surface area contributed by atoms with Gasteiger partial charge in [-0.2, -0.15) is 5.10 Å². The van der Waals surface area contributed by atoms with Crippen molar-refractivity contribution in [3.8, 4) is 5.75 Å². The maximum absolute atomic E-state index is 12.0. The maximum atomic E-state index is 12.0. The molecule has 0 bridgehead atoms. The third kappa shape index (κ3) is 5.13. The fourth-order valence-corrected chi connectivity index (χ4v) is 2.20. The summed E-state index contributed by atoms with van der Waals surface area (Å²) < 4.78 is 5.38. The van der Waals surface area contributed by atoms with Gasteiger partial charge in [0.05, 0.1) is 16.8 Å². The second kappa shape index (κ2) is 8.36. The second-order valence-electron chi connectivity index (χ2n) is 4.49. The first-order valence-corrected chi connectivity index (χ1v) is 7.48. The predicted octanol–water partition coefficient (Wildman–Crippen LogP) is 4.32. The summed E-state index contributed by atoms with van der Waals surface area (Å²) in [4.78, 5) is 12.0. The summed E-state index contributed by atoms with van der Waals surface area (Å²) in [5, 5.41) is 4.64. The van der Waals surface area contributed by atoms with Crippen LogP contribution < -0.4 is 10.2 Å². The molecule has 0 fully saturated rings. The van der Waals surface area contributed by atoms with E-state index >= 15 is 0 Å². The van der Waals surface area contributed by atoms with E-state index in [1.54, 1.807) is 18.2 Å². The number of nitrogens with zero attached hydrogens (tertiary/aromatic N) is 1. The Bertz CT molecular complexity index is 728. The molecule has 118 valence electrons. The number of hydrogen-bond donors (Lipinski definition) is 1. The monoisotopic (exact) mass is 348 g/mol. The Kier molecular flexibility index (Phi) is 6.20. The standard InChI is InChI=1S/C17H14Cl2N2O2/c1-2-9-23-14-6-3-12(4-7-14)11-20-21-17(22)15-8-5-13(18)10-16(15)19/h2-8,10-11H,1,9H2,(H,21,22)/b20-11+. The summed E-state index contributed by atoms with van der Waals surface area (Å²) in [5.74, 6) is 0.327. The van der Waals surface area contributed by atoms with Crippen molar-refractivity contribution >= 4 is 35.3 Å².